The molecule has 0 aromatic rings. The molecule has 5 heteroatoms. The lowest BCUT2D eigenvalue weighted by Gasteiger charge is -2.31. The van der Waals surface area contributed by atoms with Crippen molar-refractivity contribution in [3.8, 4) is 0 Å². The highest BCUT2D eigenvalue weighted by molar-refractivity contribution is 6.40. The van der Waals surface area contributed by atoms with Crippen molar-refractivity contribution in [2.24, 2.45) is 5.92 Å². The van der Waals surface area contributed by atoms with Crippen LogP contribution in [-0.4, -0.2) is 54.8 Å². The lowest BCUT2D eigenvalue weighted by atomic mass is 9.83. The molecule has 0 bridgehead atoms. The van der Waals surface area contributed by atoms with Crippen LogP contribution in [0, 0.1) is 5.92 Å². The number of hydrogen-bond acceptors (Lipinski definition) is 4. The summed E-state index contributed by atoms with van der Waals surface area (Å²) in [6.07, 6.45) is 7.49. The minimum Gasteiger partial charge on any atom is -0.427 e. The Morgan fingerprint density at radius 2 is 1.89 bits per heavy atom. The molecule has 19 heavy (non-hydrogen) atoms. The van der Waals surface area contributed by atoms with Crippen LogP contribution >= 0.6 is 0 Å². The van der Waals surface area contributed by atoms with E-state index < -0.39 is 7.12 Å². The molecule has 1 saturated heterocycles. The minimum absolute atomic E-state index is 0.500. The largest absolute Gasteiger partial charge is 0.451 e. The number of likely N-dealkylation sites (tertiary alicyclic amines) is 1. The fourth-order valence-electron chi connectivity index (χ4n) is 2.77. The number of nitrogens with one attached hydrogen (secondary N) is 1. The summed E-state index contributed by atoms with van der Waals surface area (Å²) in [6.45, 7) is 6.06. The highest BCUT2D eigenvalue weighted by atomic mass is 16.4. The maximum Gasteiger partial charge on any atom is 0.451 e. The Kier molecular flexibility index (Phi) is 8.70. The Morgan fingerprint density at radius 3 is 2.47 bits per heavy atom. The third-order valence-corrected chi connectivity index (χ3v) is 4.34. The Bertz CT molecular complexity index is 221. The molecule has 3 N–H and O–H groups in total. The van der Waals surface area contributed by atoms with E-state index in [9.17, 15) is 0 Å². The first kappa shape index (κ1) is 17.0. The van der Waals surface area contributed by atoms with Gasteiger partial charge in [0.05, 0.1) is 0 Å². The van der Waals surface area contributed by atoms with Gasteiger partial charge in [-0.25, -0.2) is 0 Å². The topological polar surface area (TPSA) is 55.7 Å². The average molecular weight is 270 g/mol. The van der Waals surface area contributed by atoms with E-state index in [4.69, 9.17) is 10.0 Å². The molecule has 0 aromatic carbocycles. The molecule has 1 aliphatic heterocycles. The van der Waals surface area contributed by atoms with Crippen molar-refractivity contribution in [1.29, 1.82) is 0 Å². The molecule has 1 atom stereocenters. The molecule has 1 fully saturated rings. The summed E-state index contributed by atoms with van der Waals surface area (Å²) in [5.74, 6) is 0.904. The van der Waals surface area contributed by atoms with E-state index in [-0.39, 0.29) is 0 Å². The molecular weight excluding hydrogens is 239 g/mol. The molecule has 0 radical (unpaired) electrons. The number of nitrogens with zero attached hydrogens (tertiary/aromatic N) is 1. The first-order valence-corrected chi connectivity index (χ1v) is 7.87. The van der Waals surface area contributed by atoms with E-state index in [0.29, 0.717) is 12.4 Å². The highest BCUT2D eigenvalue weighted by Crippen LogP contribution is 2.17. The van der Waals surface area contributed by atoms with E-state index in [1.165, 1.54) is 38.9 Å². The van der Waals surface area contributed by atoms with Gasteiger partial charge in [-0.1, -0.05) is 19.8 Å². The zero-order chi connectivity index (χ0) is 14.1. The second-order valence-electron chi connectivity index (χ2n) is 6.06. The number of hydrogen-bond donors (Lipinski definition) is 3. The predicted molar refractivity (Wildman–Crippen MR) is 81.2 cm³/mol. The molecule has 112 valence electrons. The fraction of sp³-hybridized carbons (Fsp3) is 1.00. The highest BCUT2D eigenvalue weighted by Gasteiger charge is 2.16. The Hall–Kier alpha value is -0.0951. The molecule has 0 aliphatic carbocycles. The van der Waals surface area contributed by atoms with Crippen LogP contribution in [0.5, 0.6) is 0 Å². The maximum absolute atomic E-state index is 8.80. The molecular formula is C14H31BN2O2. The van der Waals surface area contributed by atoms with Crippen molar-refractivity contribution in [2.75, 3.05) is 26.7 Å². The van der Waals surface area contributed by atoms with Crippen LogP contribution in [0.2, 0.25) is 6.32 Å². The van der Waals surface area contributed by atoms with Crippen molar-refractivity contribution in [2.45, 2.75) is 57.8 Å². The summed E-state index contributed by atoms with van der Waals surface area (Å²) in [5, 5.41) is 21.0. The first-order chi connectivity index (χ1) is 9.11. The zero-order valence-corrected chi connectivity index (χ0v) is 12.6. The van der Waals surface area contributed by atoms with Gasteiger partial charge in [0, 0.05) is 6.04 Å². The van der Waals surface area contributed by atoms with Gasteiger partial charge in [0.2, 0.25) is 0 Å². The van der Waals surface area contributed by atoms with Gasteiger partial charge >= 0.3 is 7.12 Å². The van der Waals surface area contributed by atoms with Crippen molar-refractivity contribution in [1.82, 2.24) is 10.2 Å². The quantitative estimate of drug-likeness (QED) is 0.437. The number of piperidine rings is 1. The Balaban J connectivity index is 2.07. The predicted octanol–water partition coefficient (Wildman–Crippen LogP) is 1.34. The Morgan fingerprint density at radius 1 is 1.21 bits per heavy atom. The third-order valence-electron chi connectivity index (χ3n) is 4.34. The number of unbranched alkanes of at least 4 members (excludes halogenated alkanes) is 1. The van der Waals surface area contributed by atoms with Crippen LogP contribution in [0.25, 0.3) is 0 Å². The third kappa shape index (κ3) is 7.93. The van der Waals surface area contributed by atoms with Crippen molar-refractivity contribution >= 4 is 7.12 Å². The van der Waals surface area contributed by atoms with Crippen molar-refractivity contribution in [3.63, 3.8) is 0 Å². The van der Waals surface area contributed by atoms with Gasteiger partial charge in [0.25, 0.3) is 0 Å². The SMILES string of the molecule is CNC(CCCCB(O)O)CCN1CCC(C)CC1. The molecule has 0 aromatic heterocycles. The number of rotatable bonds is 9. The van der Waals surface area contributed by atoms with Gasteiger partial charge in [0.15, 0.2) is 0 Å². The fourth-order valence-corrected chi connectivity index (χ4v) is 2.77. The van der Waals surface area contributed by atoms with E-state index >= 15 is 0 Å². The summed E-state index contributed by atoms with van der Waals surface area (Å²) < 4.78 is 0. The maximum atomic E-state index is 8.80. The van der Waals surface area contributed by atoms with E-state index in [1.807, 2.05) is 7.05 Å². The van der Waals surface area contributed by atoms with Gasteiger partial charge in [-0.2, -0.15) is 0 Å². The molecule has 1 rings (SSSR count). The summed E-state index contributed by atoms with van der Waals surface area (Å²) in [4.78, 5) is 2.59. The van der Waals surface area contributed by atoms with Crippen LogP contribution in [0.15, 0.2) is 0 Å². The molecule has 0 saturated carbocycles. The molecule has 0 spiro atoms. The van der Waals surface area contributed by atoms with Crippen molar-refractivity contribution in [3.05, 3.63) is 0 Å². The normalized spacial score (nSPS) is 19.6. The van der Waals surface area contributed by atoms with Gasteiger partial charge in [-0.3, -0.25) is 0 Å². The summed E-state index contributed by atoms with van der Waals surface area (Å²) >= 11 is 0. The average Bonchev–Trinajstić information content (AvgIpc) is 2.39. The van der Waals surface area contributed by atoms with Crippen LogP contribution in [-0.2, 0) is 0 Å². The van der Waals surface area contributed by atoms with Crippen LogP contribution in [0.3, 0.4) is 0 Å². The molecule has 1 heterocycles. The first-order valence-electron chi connectivity index (χ1n) is 7.87. The van der Waals surface area contributed by atoms with E-state index in [0.717, 1.165) is 25.2 Å². The van der Waals surface area contributed by atoms with Crippen LogP contribution < -0.4 is 5.32 Å². The van der Waals surface area contributed by atoms with E-state index in [1.54, 1.807) is 0 Å². The summed E-state index contributed by atoms with van der Waals surface area (Å²) in [6, 6.07) is 0.565. The molecule has 4 nitrogen and oxygen atoms in total. The zero-order valence-electron chi connectivity index (χ0n) is 12.6. The van der Waals surface area contributed by atoms with Gasteiger partial charge in [0.1, 0.15) is 0 Å². The van der Waals surface area contributed by atoms with Gasteiger partial charge in [-0.05, 0) is 64.6 Å². The molecule has 1 aliphatic rings. The smallest absolute Gasteiger partial charge is 0.427 e. The second kappa shape index (κ2) is 9.75. The lowest BCUT2D eigenvalue weighted by Crippen LogP contribution is -2.37. The van der Waals surface area contributed by atoms with E-state index in [2.05, 4.69) is 17.1 Å². The van der Waals surface area contributed by atoms with Crippen LogP contribution in [0.1, 0.15) is 45.4 Å². The second-order valence-corrected chi connectivity index (χ2v) is 6.06. The van der Waals surface area contributed by atoms with Gasteiger partial charge in [-0.15, -0.1) is 0 Å². The van der Waals surface area contributed by atoms with Gasteiger partial charge < -0.3 is 20.3 Å². The monoisotopic (exact) mass is 270 g/mol. The van der Waals surface area contributed by atoms with Crippen LogP contribution in [0.4, 0.5) is 0 Å². The lowest BCUT2D eigenvalue weighted by molar-refractivity contribution is 0.183. The standard InChI is InChI=1S/C14H31BN2O2/c1-13-6-10-17(11-7-13)12-8-14(16-2)5-3-4-9-15(18)19/h13-14,16,18-19H,3-12H2,1-2H3. The minimum atomic E-state index is -1.14. The van der Waals surface area contributed by atoms with Crippen molar-refractivity contribution < 1.29 is 10.0 Å². The molecule has 0 amide bonds. The summed E-state index contributed by atoms with van der Waals surface area (Å²) in [7, 11) is 0.896. The summed E-state index contributed by atoms with van der Waals surface area (Å²) in [5.41, 5.74) is 0. The Labute approximate surface area is 118 Å². The molecule has 1 unspecified atom stereocenters.